The molecule has 0 fully saturated rings. The summed E-state index contributed by atoms with van der Waals surface area (Å²) in [5.41, 5.74) is 3.00. The van der Waals surface area contributed by atoms with Gasteiger partial charge in [-0.1, -0.05) is 78.3 Å². The fraction of sp³-hybridized carbons (Fsp3) is 0.0357. The number of amides is 1. The van der Waals surface area contributed by atoms with E-state index >= 15 is 0 Å². The summed E-state index contributed by atoms with van der Waals surface area (Å²) in [5, 5.41) is 3.29. The van der Waals surface area contributed by atoms with Gasteiger partial charge in [-0.2, -0.15) is 0 Å². The van der Waals surface area contributed by atoms with E-state index in [0.29, 0.717) is 33.0 Å². The van der Waals surface area contributed by atoms with Crippen LogP contribution in [0, 0.1) is 5.82 Å². The first kappa shape index (κ1) is 23.1. The standard InChI is InChI=1S/C28H20ClFN2O2/c29-23-12-16-25(17-13-23)31-18-32-28(34)26(20-10-14-24(30)15-11-20)19-6-8-22(9-7-19)27(33)21-4-2-1-3-5-21/h1-18,26H,(H,31,32,34)/t26-/m0/s1. The SMILES string of the molecule is O=C(c1ccccc1)c1ccc([C@H](C(=O)NC=Nc2ccc(Cl)cc2)c2ccc(F)cc2)cc1. The molecule has 0 saturated heterocycles. The van der Waals surface area contributed by atoms with Gasteiger partial charge in [-0.3, -0.25) is 9.59 Å². The van der Waals surface area contributed by atoms with Gasteiger partial charge in [-0.25, -0.2) is 9.38 Å². The number of halogens is 2. The van der Waals surface area contributed by atoms with Crippen LogP contribution in [0.2, 0.25) is 5.02 Å². The van der Waals surface area contributed by atoms with E-state index in [0.717, 1.165) is 0 Å². The Labute approximate surface area is 201 Å². The van der Waals surface area contributed by atoms with Crippen molar-refractivity contribution >= 4 is 35.3 Å². The first-order valence-corrected chi connectivity index (χ1v) is 10.9. The highest BCUT2D eigenvalue weighted by atomic mass is 35.5. The number of carbonyl (C=O) groups is 2. The molecule has 0 aliphatic heterocycles. The molecule has 1 N–H and O–H groups in total. The summed E-state index contributed by atoms with van der Waals surface area (Å²) in [6, 6.07) is 28.4. The molecule has 0 heterocycles. The molecule has 4 nitrogen and oxygen atoms in total. The molecular weight excluding hydrogens is 451 g/mol. The van der Waals surface area contributed by atoms with Gasteiger partial charge in [0.2, 0.25) is 5.91 Å². The van der Waals surface area contributed by atoms with Crippen LogP contribution < -0.4 is 5.32 Å². The van der Waals surface area contributed by atoms with Crippen molar-refractivity contribution in [1.29, 1.82) is 0 Å². The Bertz CT molecular complexity index is 1300. The minimum atomic E-state index is -0.724. The third-order valence-electron chi connectivity index (χ3n) is 5.25. The summed E-state index contributed by atoms with van der Waals surface area (Å²) >= 11 is 5.88. The Kier molecular flexibility index (Phi) is 7.25. The van der Waals surface area contributed by atoms with Crippen LogP contribution in [0.5, 0.6) is 0 Å². The van der Waals surface area contributed by atoms with Crippen LogP contribution in [-0.4, -0.2) is 18.0 Å². The number of rotatable bonds is 7. The number of benzene rings is 4. The van der Waals surface area contributed by atoms with E-state index in [2.05, 4.69) is 10.3 Å². The van der Waals surface area contributed by atoms with E-state index in [-0.39, 0.29) is 11.7 Å². The largest absolute Gasteiger partial charge is 0.316 e. The lowest BCUT2D eigenvalue weighted by Crippen LogP contribution is -2.29. The van der Waals surface area contributed by atoms with Crippen LogP contribution in [0.3, 0.4) is 0 Å². The molecule has 0 aromatic heterocycles. The lowest BCUT2D eigenvalue weighted by molar-refractivity contribution is -0.120. The number of carbonyl (C=O) groups excluding carboxylic acids is 2. The monoisotopic (exact) mass is 470 g/mol. The summed E-state index contributed by atoms with van der Waals surface area (Å²) in [6.45, 7) is 0. The molecule has 4 aromatic rings. The van der Waals surface area contributed by atoms with Gasteiger partial charge in [0.1, 0.15) is 5.82 Å². The Balaban J connectivity index is 1.58. The number of hydrogen-bond acceptors (Lipinski definition) is 3. The van der Waals surface area contributed by atoms with Gasteiger partial charge >= 0.3 is 0 Å². The van der Waals surface area contributed by atoms with E-state index < -0.39 is 11.7 Å². The van der Waals surface area contributed by atoms with Crippen LogP contribution in [0.4, 0.5) is 10.1 Å². The number of hydrogen-bond donors (Lipinski definition) is 1. The molecule has 1 atom stereocenters. The second-order valence-corrected chi connectivity index (χ2v) is 7.98. The lowest BCUT2D eigenvalue weighted by Gasteiger charge is -2.17. The molecule has 0 aliphatic carbocycles. The van der Waals surface area contributed by atoms with Gasteiger partial charge in [0.05, 0.1) is 17.9 Å². The fourth-order valence-electron chi connectivity index (χ4n) is 3.51. The minimum absolute atomic E-state index is 0.106. The van der Waals surface area contributed by atoms with Crippen molar-refractivity contribution in [3.63, 3.8) is 0 Å². The Morgan fingerprint density at radius 2 is 1.32 bits per heavy atom. The van der Waals surface area contributed by atoms with Crippen molar-refractivity contribution in [3.05, 3.63) is 136 Å². The van der Waals surface area contributed by atoms with Crippen molar-refractivity contribution in [2.24, 2.45) is 4.99 Å². The Morgan fingerprint density at radius 3 is 1.94 bits per heavy atom. The van der Waals surface area contributed by atoms with E-state index in [1.165, 1.54) is 18.5 Å². The van der Waals surface area contributed by atoms with Crippen LogP contribution in [-0.2, 0) is 4.79 Å². The quantitative estimate of drug-likeness (QED) is 0.195. The maximum atomic E-state index is 13.5. The van der Waals surface area contributed by atoms with Crippen molar-refractivity contribution < 1.29 is 14.0 Å². The maximum absolute atomic E-state index is 13.5. The molecule has 0 radical (unpaired) electrons. The predicted octanol–water partition coefficient (Wildman–Crippen LogP) is 6.32. The molecule has 0 spiro atoms. The zero-order valence-electron chi connectivity index (χ0n) is 18.0. The first-order chi connectivity index (χ1) is 16.5. The van der Waals surface area contributed by atoms with Gasteiger partial charge in [0.15, 0.2) is 5.78 Å². The van der Waals surface area contributed by atoms with Crippen molar-refractivity contribution in [2.45, 2.75) is 5.92 Å². The second-order valence-electron chi connectivity index (χ2n) is 7.54. The fourth-order valence-corrected chi connectivity index (χ4v) is 3.64. The molecule has 4 aromatic carbocycles. The van der Waals surface area contributed by atoms with Gasteiger partial charge in [0, 0.05) is 16.1 Å². The summed E-state index contributed by atoms with van der Waals surface area (Å²) in [4.78, 5) is 30.1. The van der Waals surface area contributed by atoms with Crippen molar-refractivity contribution in [1.82, 2.24) is 5.32 Å². The Hall–Kier alpha value is -4.09. The summed E-state index contributed by atoms with van der Waals surface area (Å²) in [6.07, 6.45) is 1.31. The molecule has 0 aliphatic rings. The van der Waals surface area contributed by atoms with E-state index in [1.807, 2.05) is 18.2 Å². The van der Waals surface area contributed by atoms with Crippen molar-refractivity contribution in [3.8, 4) is 0 Å². The van der Waals surface area contributed by atoms with Gasteiger partial charge in [0.25, 0.3) is 0 Å². The summed E-state index contributed by atoms with van der Waals surface area (Å²) < 4.78 is 13.5. The zero-order chi connectivity index (χ0) is 23.9. The van der Waals surface area contributed by atoms with E-state index in [1.54, 1.807) is 72.8 Å². The second kappa shape index (κ2) is 10.7. The average Bonchev–Trinajstić information content (AvgIpc) is 2.87. The minimum Gasteiger partial charge on any atom is -0.316 e. The van der Waals surface area contributed by atoms with E-state index in [9.17, 15) is 14.0 Å². The van der Waals surface area contributed by atoms with E-state index in [4.69, 9.17) is 11.6 Å². The molecule has 168 valence electrons. The summed E-state index contributed by atoms with van der Waals surface area (Å²) in [7, 11) is 0. The Morgan fingerprint density at radius 1 is 0.765 bits per heavy atom. The zero-order valence-corrected chi connectivity index (χ0v) is 18.7. The van der Waals surface area contributed by atoms with Crippen LogP contribution in [0.15, 0.2) is 108 Å². The number of ketones is 1. The van der Waals surface area contributed by atoms with Crippen LogP contribution in [0.1, 0.15) is 33.0 Å². The maximum Gasteiger partial charge on any atom is 0.237 e. The number of nitrogens with zero attached hydrogens (tertiary/aromatic N) is 1. The number of nitrogens with one attached hydrogen (secondary N) is 1. The molecule has 0 unspecified atom stereocenters. The van der Waals surface area contributed by atoms with Gasteiger partial charge in [-0.15, -0.1) is 0 Å². The molecule has 0 bridgehead atoms. The normalized spacial score (nSPS) is 11.8. The van der Waals surface area contributed by atoms with Gasteiger partial charge in [-0.05, 0) is 47.5 Å². The predicted molar refractivity (Wildman–Crippen MR) is 132 cm³/mol. The summed E-state index contributed by atoms with van der Waals surface area (Å²) in [5.74, 6) is -1.56. The molecule has 1 amide bonds. The van der Waals surface area contributed by atoms with Crippen LogP contribution >= 0.6 is 11.6 Å². The van der Waals surface area contributed by atoms with Crippen molar-refractivity contribution in [2.75, 3.05) is 0 Å². The molecule has 0 saturated carbocycles. The third-order valence-corrected chi connectivity index (χ3v) is 5.51. The molecular formula is C28H20ClFN2O2. The first-order valence-electron chi connectivity index (χ1n) is 10.5. The lowest BCUT2D eigenvalue weighted by atomic mass is 9.89. The topological polar surface area (TPSA) is 58.5 Å². The highest BCUT2D eigenvalue weighted by Gasteiger charge is 2.23. The van der Waals surface area contributed by atoms with Crippen LogP contribution in [0.25, 0.3) is 0 Å². The van der Waals surface area contributed by atoms with Gasteiger partial charge < -0.3 is 5.32 Å². The number of aliphatic imine (C=N–C) groups is 1. The highest BCUT2D eigenvalue weighted by molar-refractivity contribution is 6.30. The third kappa shape index (κ3) is 5.63. The average molecular weight is 471 g/mol. The molecule has 34 heavy (non-hydrogen) atoms. The molecule has 4 rings (SSSR count). The smallest absolute Gasteiger partial charge is 0.237 e. The molecule has 6 heteroatoms. The highest BCUT2D eigenvalue weighted by Crippen LogP contribution is 2.26.